The van der Waals surface area contributed by atoms with Crippen LogP contribution >= 0.6 is 11.6 Å². The van der Waals surface area contributed by atoms with Crippen LogP contribution in [-0.2, 0) is 4.79 Å². The van der Waals surface area contributed by atoms with Gasteiger partial charge in [0.15, 0.2) is 0 Å². The van der Waals surface area contributed by atoms with Crippen molar-refractivity contribution >= 4 is 40.7 Å². The summed E-state index contributed by atoms with van der Waals surface area (Å²) in [6, 6.07) is 7.39. The van der Waals surface area contributed by atoms with Gasteiger partial charge in [0.25, 0.3) is 17.5 Å². The molecule has 1 heterocycles. The van der Waals surface area contributed by atoms with Crippen molar-refractivity contribution < 1.29 is 24.0 Å². The van der Waals surface area contributed by atoms with Gasteiger partial charge in [-0.1, -0.05) is 24.1 Å². The fourth-order valence-corrected chi connectivity index (χ4v) is 3.70. The summed E-state index contributed by atoms with van der Waals surface area (Å²) in [5.41, 5.74) is 0.869. The van der Waals surface area contributed by atoms with Gasteiger partial charge < -0.3 is 10.1 Å². The number of aryl methyl sites for hydroxylation is 1. The Morgan fingerprint density at radius 2 is 1.94 bits per heavy atom. The molecular formula is C22H22ClN3O6. The lowest BCUT2D eigenvalue weighted by atomic mass is 10.1. The number of hydrogen-bond donors (Lipinski definition) is 1. The van der Waals surface area contributed by atoms with Gasteiger partial charge >= 0.3 is 0 Å². The zero-order chi connectivity index (χ0) is 23.4. The van der Waals surface area contributed by atoms with E-state index in [1.165, 1.54) is 25.3 Å². The number of nitrogens with zero attached hydrogens (tertiary/aromatic N) is 2. The van der Waals surface area contributed by atoms with Crippen LogP contribution in [0.1, 0.15) is 52.0 Å². The molecule has 3 amide bonds. The normalized spacial score (nSPS) is 12.7. The standard InChI is InChI=1S/C22H22ClN3O6/c1-13-11-16(18(32-2)12-15(13)23)24-19(27)9-4-3-5-10-25-21(28)14-7-6-8-17(26(30)31)20(14)22(25)29/h6-8,11-12H,3-5,9-10H2,1-2H3,(H,24,27). The molecule has 0 aromatic heterocycles. The Bertz CT molecular complexity index is 1100. The number of nitro groups is 1. The van der Waals surface area contributed by atoms with Crippen molar-refractivity contribution in [3.05, 3.63) is 62.2 Å². The van der Waals surface area contributed by atoms with E-state index in [2.05, 4.69) is 5.32 Å². The maximum absolute atomic E-state index is 12.5. The van der Waals surface area contributed by atoms with E-state index in [0.717, 1.165) is 10.5 Å². The molecule has 0 atom stereocenters. The Balaban J connectivity index is 1.49. The van der Waals surface area contributed by atoms with E-state index >= 15 is 0 Å². The van der Waals surface area contributed by atoms with Crippen LogP contribution in [-0.4, -0.2) is 41.2 Å². The number of methoxy groups -OCH3 is 1. The number of anilines is 1. The van der Waals surface area contributed by atoms with Crippen LogP contribution in [0.3, 0.4) is 0 Å². The number of ether oxygens (including phenoxy) is 1. The third-order valence-electron chi connectivity index (χ3n) is 5.21. The topological polar surface area (TPSA) is 119 Å². The summed E-state index contributed by atoms with van der Waals surface area (Å²) in [6.07, 6.45) is 1.87. The van der Waals surface area contributed by atoms with Crippen LogP contribution in [0.4, 0.5) is 11.4 Å². The van der Waals surface area contributed by atoms with Gasteiger partial charge in [0, 0.05) is 30.1 Å². The number of benzene rings is 2. The first-order valence-electron chi connectivity index (χ1n) is 10.0. The van der Waals surface area contributed by atoms with E-state index in [1.807, 2.05) is 6.92 Å². The van der Waals surface area contributed by atoms with Crippen molar-refractivity contribution in [1.82, 2.24) is 4.90 Å². The molecule has 1 aliphatic rings. The Kier molecular flexibility index (Phi) is 7.09. The van der Waals surface area contributed by atoms with Crippen LogP contribution < -0.4 is 10.1 Å². The van der Waals surface area contributed by atoms with Crippen LogP contribution in [0.2, 0.25) is 5.02 Å². The highest BCUT2D eigenvalue weighted by Gasteiger charge is 2.40. The van der Waals surface area contributed by atoms with Crippen LogP contribution in [0.25, 0.3) is 0 Å². The summed E-state index contributed by atoms with van der Waals surface area (Å²) in [7, 11) is 1.49. The maximum Gasteiger partial charge on any atom is 0.282 e. The second kappa shape index (κ2) is 9.78. The van der Waals surface area contributed by atoms with Crippen molar-refractivity contribution in [3.63, 3.8) is 0 Å². The number of nitrogens with one attached hydrogen (secondary N) is 1. The highest BCUT2D eigenvalue weighted by Crippen LogP contribution is 2.32. The van der Waals surface area contributed by atoms with Crippen LogP contribution in [0.5, 0.6) is 5.75 Å². The molecule has 2 aromatic rings. The number of halogens is 1. The molecular weight excluding hydrogens is 438 g/mol. The highest BCUT2D eigenvalue weighted by atomic mass is 35.5. The van der Waals surface area contributed by atoms with Gasteiger partial charge in [-0.25, -0.2) is 0 Å². The molecule has 10 heteroatoms. The zero-order valence-corrected chi connectivity index (χ0v) is 18.4. The Morgan fingerprint density at radius 1 is 1.19 bits per heavy atom. The van der Waals surface area contributed by atoms with E-state index in [0.29, 0.717) is 35.7 Å². The molecule has 3 rings (SSSR count). The predicted molar refractivity (Wildman–Crippen MR) is 118 cm³/mol. The molecule has 1 aliphatic heterocycles. The van der Waals surface area contributed by atoms with E-state index in [-0.39, 0.29) is 35.7 Å². The first kappa shape index (κ1) is 23.2. The maximum atomic E-state index is 12.5. The minimum Gasteiger partial charge on any atom is -0.495 e. The van der Waals surface area contributed by atoms with Crippen molar-refractivity contribution in [1.29, 1.82) is 0 Å². The van der Waals surface area contributed by atoms with Gasteiger partial charge in [0.1, 0.15) is 11.3 Å². The van der Waals surface area contributed by atoms with Crippen LogP contribution in [0, 0.1) is 17.0 Å². The lowest BCUT2D eigenvalue weighted by molar-refractivity contribution is -0.385. The van der Waals surface area contributed by atoms with Gasteiger partial charge in [0.2, 0.25) is 5.91 Å². The second-order valence-electron chi connectivity index (χ2n) is 7.38. The zero-order valence-electron chi connectivity index (χ0n) is 17.6. The molecule has 32 heavy (non-hydrogen) atoms. The smallest absolute Gasteiger partial charge is 0.282 e. The lowest BCUT2D eigenvalue weighted by Crippen LogP contribution is -2.30. The molecule has 0 aliphatic carbocycles. The molecule has 0 fully saturated rings. The van der Waals surface area contributed by atoms with Gasteiger partial charge in [-0.3, -0.25) is 29.4 Å². The second-order valence-corrected chi connectivity index (χ2v) is 7.79. The largest absolute Gasteiger partial charge is 0.495 e. The molecule has 9 nitrogen and oxygen atoms in total. The molecule has 0 unspecified atom stereocenters. The third kappa shape index (κ3) is 4.72. The average Bonchev–Trinajstić information content (AvgIpc) is 3.00. The summed E-state index contributed by atoms with van der Waals surface area (Å²) < 4.78 is 5.24. The number of hydrogen-bond acceptors (Lipinski definition) is 6. The molecule has 0 saturated carbocycles. The summed E-state index contributed by atoms with van der Waals surface area (Å²) in [5.74, 6) is -0.910. The summed E-state index contributed by atoms with van der Waals surface area (Å²) >= 11 is 6.07. The van der Waals surface area contributed by atoms with Crippen molar-refractivity contribution in [2.24, 2.45) is 0 Å². The molecule has 0 radical (unpaired) electrons. The number of imide groups is 1. The third-order valence-corrected chi connectivity index (χ3v) is 5.62. The monoisotopic (exact) mass is 459 g/mol. The quantitative estimate of drug-likeness (QED) is 0.257. The fraction of sp³-hybridized carbons (Fsp3) is 0.318. The van der Waals surface area contributed by atoms with Crippen LogP contribution in [0.15, 0.2) is 30.3 Å². The summed E-state index contributed by atoms with van der Waals surface area (Å²) in [4.78, 5) is 48.8. The number of rotatable bonds is 9. The molecule has 168 valence electrons. The highest BCUT2D eigenvalue weighted by molar-refractivity contribution is 6.31. The van der Waals surface area contributed by atoms with Crippen molar-refractivity contribution in [3.8, 4) is 5.75 Å². The average molecular weight is 460 g/mol. The number of carbonyl (C=O) groups is 3. The number of carbonyl (C=O) groups excluding carboxylic acids is 3. The molecule has 1 N–H and O–H groups in total. The summed E-state index contributed by atoms with van der Waals surface area (Å²) in [5, 5.41) is 14.5. The minimum atomic E-state index is -0.663. The minimum absolute atomic E-state index is 0.0517. The first-order chi connectivity index (χ1) is 15.2. The van der Waals surface area contributed by atoms with Gasteiger partial charge in [-0.05, 0) is 37.5 Å². The molecule has 0 bridgehead atoms. The number of nitro benzene ring substituents is 1. The number of fused-ring (bicyclic) bond motifs is 1. The van der Waals surface area contributed by atoms with Crippen molar-refractivity contribution in [2.75, 3.05) is 19.0 Å². The first-order valence-corrected chi connectivity index (χ1v) is 10.4. The Labute approximate surface area is 189 Å². The SMILES string of the molecule is COc1cc(Cl)c(C)cc1NC(=O)CCCCCN1C(=O)c2cccc([N+](=O)[O-])c2C1=O. The molecule has 0 saturated heterocycles. The predicted octanol–water partition coefficient (Wildman–Crippen LogP) is 4.36. The molecule has 2 aromatic carbocycles. The van der Waals surface area contributed by atoms with E-state index in [4.69, 9.17) is 16.3 Å². The van der Waals surface area contributed by atoms with E-state index < -0.39 is 16.7 Å². The lowest BCUT2D eigenvalue weighted by Gasteiger charge is -2.14. The van der Waals surface area contributed by atoms with E-state index in [1.54, 1.807) is 12.1 Å². The fourth-order valence-electron chi connectivity index (χ4n) is 3.55. The summed E-state index contributed by atoms with van der Waals surface area (Å²) in [6.45, 7) is 1.96. The number of unbranched alkanes of at least 4 members (excludes halogenated alkanes) is 2. The van der Waals surface area contributed by atoms with Gasteiger partial charge in [0.05, 0.1) is 23.3 Å². The Hall–Kier alpha value is -3.46. The van der Waals surface area contributed by atoms with Gasteiger partial charge in [-0.15, -0.1) is 0 Å². The number of amides is 3. The van der Waals surface area contributed by atoms with Gasteiger partial charge in [-0.2, -0.15) is 0 Å². The van der Waals surface area contributed by atoms with Crippen molar-refractivity contribution in [2.45, 2.75) is 32.6 Å². The Morgan fingerprint density at radius 3 is 2.62 bits per heavy atom. The van der Waals surface area contributed by atoms with E-state index in [9.17, 15) is 24.5 Å². The molecule has 0 spiro atoms.